The van der Waals surface area contributed by atoms with E-state index in [1.54, 1.807) is 18.3 Å². The number of hydrogen-bond acceptors (Lipinski definition) is 4. The molecular formula is C13H13BrClFN4. The van der Waals surface area contributed by atoms with Crippen LogP contribution in [0.1, 0.15) is 12.5 Å². The van der Waals surface area contributed by atoms with Crippen LogP contribution in [0.15, 0.2) is 28.9 Å². The number of hydrogen-bond donors (Lipinski definition) is 2. The molecule has 0 aliphatic heterocycles. The summed E-state index contributed by atoms with van der Waals surface area (Å²) in [4.78, 5) is 8.46. The predicted molar refractivity (Wildman–Crippen MR) is 82.6 cm³/mol. The first-order valence-electron chi connectivity index (χ1n) is 6.04. The third-order valence-corrected chi connectivity index (χ3v) is 3.39. The van der Waals surface area contributed by atoms with Gasteiger partial charge in [0.15, 0.2) is 0 Å². The van der Waals surface area contributed by atoms with Crippen LogP contribution in [0.5, 0.6) is 0 Å². The van der Waals surface area contributed by atoms with Crippen molar-refractivity contribution in [1.82, 2.24) is 9.97 Å². The van der Waals surface area contributed by atoms with Gasteiger partial charge >= 0.3 is 0 Å². The van der Waals surface area contributed by atoms with Crippen LogP contribution in [0.2, 0.25) is 5.02 Å². The maximum Gasteiger partial charge on any atom is 0.224 e. The van der Waals surface area contributed by atoms with E-state index < -0.39 is 5.82 Å². The summed E-state index contributed by atoms with van der Waals surface area (Å²) in [5.74, 6) is 0.791. The van der Waals surface area contributed by atoms with Crippen LogP contribution in [-0.2, 0) is 6.54 Å². The van der Waals surface area contributed by atoms with Crippen molar-refractivity contribution in [2.24, 2.45) is 0 Å². The van der Waals surface area contributed by atoms with Crippen molar-refractivity contribution in [1.29, 1.82) is 0 Å². The number of nitrogens with zero attached hydrogens (tertiary/aromatic N) is 2. The van der Waals surface area contributed by atoms with Gasteiger partial charge in [-0.2, -0.15) is 4.98 Å². The van der Waals surface area contributed by atoms with Crippen LogP contribution in [0.25, 0.3) is 0 Å². The molecule has 2 rings (SSSR count). The van der Waals surface area contributed by atoms with Crippen molar-refractivity contribution in [3.05, 3.63) is 45.3 Å². The van der Waals surface area contributed by atoms with Gasteiger partial charge in [0.1, 0.15) is 11.6 Å². The van der Waals surface area contributed by atoms with Crippen molar-refractivity contribution in [2.75, 3.05) is 17.2 Å². The fourth-order valence-corrected chi connectivity index (χ4v) is 2.10. The minimum absolute atomic E-state index is 0.111. The molecule has 7 heteroatoms. The average molecular weight is 360 g/mol. The van der Waals surface area contributed by atoms with Crippen LogP contribution >= 0.6 is 27.5 Å². The summed E-state index contributed by atoms with van der Waals surface area (Å²) in [6.45, 7) is 3.20. The topological polar surface area (TPSA) is 49.8 Å². The summed E-state index contributed by atoms with van der Waals surface area (Å²) < 4.78 is 13.8. The first-order chi connectivity index (χ1) is 9.60. The van der Waals surface area contributed by atoms with E-state index in [-0.39, 0.29) is 5.02 Å². The molecule has 0 spiro atoms. The van der Waals surface area contributed by atoms with Crippen LogP contribution in [-0.4, -0.2) is 16.5 Å². The monoisotopic (exact) mass is 358 g/mol. The van der Waals surface area contributed by atoms with E-state index in [0.29, 0.717) is 18.3 Å². The van der Waals surface area contributed by atoms with Gasteiger partial charge in [-0.25, -0.2) is 9.37 Å². The fourth-order valence-electron chi connectivity index (χ4n) is 1.57. The summed E-state index contributed by atoms with van der Waals surface area (Å²) in [5, 5.41) is 6.30. The molecule has 0 saturated carbocycles. The maximum absolute atomic E-state index is 13.1. The van der Waals surface area contributed by atoms with Crippen molar-refractivity contribution >= 4 is 39.3 Å². The van der Waals surface area contributed by atoms with Crippen molar-refractivity contribution < 1.29 is 4.39 Å². The zero-order valence-corrected chi connectivity index (χ0v) is 13.1. The summed E-state index contributed by atoms with van der Waals surface area (Å²) in [5.41, 5.74) is 0.868. The lowest BCUT2D eigenvalue weighted by atomic mass is 10.2. The second-order valence-electron chi connectivity index (χ2n) is 4.02. The molecule has 0 bridgehead atoms. The molecule has 1 aromatic carbocycles. The fraction of sp³-hybridized carbons (Fsp3) is 0.231. The van der Waals surface area contributed by atoms with E-state index in [0.717, 1.165) is 16.6 Å². The van der Waals surface area contributed by atoms with Gasteiger partial charge in [0.25, 0.3) is 0 Å². The van der Waals surface area contributed by atoms with Crippen molar-refractivity contribution in [2.45, 2.75) is 13.5 Å². The molecule has 2 N–H and O–H groups in total. The molecular weight excluding hydrogens is 347 g/mol. The van der Waals surface area contributed by atoms with E-state index in [2.05, 4.69) is 36.5 Å². The van der Waals surface area contributed by atoms with Gasteiger partial charge < -0.3 is 10.6 Å². The number of nitrogens with one attached hydrogen (secondary N) is 2. The first kappa shape index (κ1) is 15.0. The highest BCUT2D eigenvalue weighted by Gasteiger charge is 2.06. The Hall–Kier alpha value is -1.40. The van der Waals surface area contributed by atoms with E-state index >= 15 is 0 Å². The van der Waals surface area contributed by atoms with E-state index in [1.165, 1.54) is 6.07 Å². The normalized spacial score (nSPS) is 10.4. The summed E-state index contributed by atoms with van der Waals surface area (Å²) >= 11 is 9.13. The molecule has 2 aromatic rings. The Kier molecular flexibility index (Phi) is 5.14. The van der Waals surface area contributed by atoms with Crippen LogP contribution in [0.4, 0.5) is 16.2 Å². The number of benzene rings is 1. The zero-order valence-electron chi connectivity index (χ0n) is 10.8. The Bertz CT molecular complexity index is 609. The largest absolute Gasteiger partial charge is 0.365 e. The highest BCUT2D eigenvalue weighted by atomic mass is 79.9. The highest BCUT2D eigenvalue weighted by molar-refractivity contribution is 9.10. The molecule has 0 saturated heterocycles. The van der Waals surface area contributed by atoms with Crippen molar-refractivity contribution in [3.63, 3.8) is 0 Å². The van der Waals surface area contributed by atoms with Gasteiger partial charge in [-0.15, -0.1) is 0 Å². The van der Waals surface area contributed by atoms with Crippen LogP contribution < -0.4 is 10.6 Å². The molecule has 1 aromatic heterocycles. The molecule has 106 valence electrons. The van der Waals surface area contributed by atoms with E-state index in [1.807, 2.05) is 6.92 Å². The molecule has 4 nitrogen and oxygen atoms in total. The SMILES string of the molecule is CCNc1ncc(Br)c(NCc2ccc(F)c(Cl)c2)n1. The zero-order chi connectivity index (χ0) is 14.5. The molecule has 0 unspecified atom stereocenters. The molecule has 0 radical (unpaired) electrons. The standard InChI is InChI=1S/C13H13BrClFN4/c1-2-17-13-19-7-9(14)12(20-13)18-6-8-3-4-11(16)10(15)5-8/h3-5,7H,2,6H2,1H3,(H2,17,18,19,20). The first-order valence-corrected chi connectivity index (χ1v) is 7.21. The third kappa shape index (κ3) is 3.80. The van der Waals surface area contributed by atoms with Gasteiger partial charge in [0.2, 0.25) is 5.95 Å². The minimum atomic E-state index is -0.423. The van der Waals surface area contributed by atoms with E-state index in [9.17, 15) is 4.39 Å². The molecule has 1 heterocycles. The molecule has 20 heavy (non-hydrogen) atoms. The minimum Gasteiger partial charge on any atom is -0.365 e. The number of aromatic nitrogens is 2. The van der Waals surface area contributed by atoms with E-state index in [4.69, 9.17) is 11.6 Å². The van der Waals surface area contributed by atoms with Gasteiger partial charge in [-0.3, -0.25) is 0 Å². The lowest BCUT2D eigenvalue weighted by Gasteiger charge is -2.10. The van der Waals surface area contributed by atoms with Gasteiger partial charge in [-0.05, 0) is 40.5 Å². The number of anilines is 2. The lowest BCUT2D eigenvalue weighted by Crippen LogP contribution is -2.07. The van der Waals surface area contributed by atoms with Crippen LogP contribution in [0.3, 0.4) is 0 Å². The summed E-state index contributed by atoms with van der Waals surface area (Å²) in [6.07, 6.45) is 1.67. The highest BCUT2D eigenvalue weighted by Crippen LogP contribution is 2.22. The predicted octanol–water partition coefficient (Wildman–Crippen LogP) is 4.08. The Morgan fingerprint density at radius 2 is 2.15 bits per heavy atom. The second kappa shape index (κ2) is 6.85. The smallest absolute Gasteiger partial charge is 0.224 e. The number of rotatable bonds is 5. The number of halogens is 3. The Labute approximate surface area is 129 Å². The quantitative estimate of drug-likeness (QED) is 0.845. The molecule has 0 aliphatic carbocycles. The summed E-state index contributed by atoms with van der Waals surface area (Å²) in [7, 11) is 0. The average Bonchev–Trinajstić information content (AvgIpc) is 2.43. The van der Waals surface area contributed by atoms with Crippen LogP contribution in [0, 0.1) is 5.82 Å². The van der Waals surface area contributed by atoms with Crippen molar-refractivity contribution in [3.8, 4) is 0 Å². The maximum atomic E-state index is 13.1. The third-order valence-electron chi connectivity index (χ3n) is 2.52. The van der Waals surface area contributed by atoms with Gasteiger partial charge in [0, 0.05) is 19.3 Å². The summed E-state index contributed by atoms with van der Waals surface area (Å²) in [6, 6.07) is 4.61. The lowest BCUT2D eigenvalue weighted by molar-refractivity contribution is 0.627. The molecule has 0 fully saturated rings. The molecule has 0 amide bonds. The molecule has 0 atom stereocenters. The Morgan fingerprint density at radius 1 is 1.35 bits per heavy atom. The van der Waals surface area contributed by atoms with Gasteiger partial charge in [0.05, 0.1) is 9.50 Å². The molecule has 0 aliphatic rings. The van der Waals surface area contributed by atoms with Gasteiger partial charge in [-0.1, -0.05) is 17.7 Å². The Morgan fingerprint density at radius 3 is 2.85 bits per heavy atom. The Balaban J connectivity index is 2.09. The second-order valence-corrected chi connectivity index (χ2v) is 5.28.